The lowest BCUT2D eigenvalue weighted by molar-refractivity contribution is 0.794. The Morgan fingerprint density at radius 1 is 0.917 bits per heavy atom. The average Bonchev–Trinajstić information content (AvgIpc) is 2.59. The number of aliphatic imine (C=N–C) groups is 1. The molecule has 0 saturated carbocycles. The van der Waals surface area contributed by atoms with E-state index in [2.05, 4.69) is 90.1 Å². The summed E-state index contributed by atoms with van der Waals surface area (Å²) in [5.41, 5.74) is 5.08. The van der Waals surface area contributed by atoms with E-state index in [0.717, 1.165) is 25.5 Å². The van der Waals surface area contributed by atoms with E-state index >= 15 is 0 Å². The number of guanidine groups is 1. The Hall–Kier alpha value is -2.49. The summed E-state index contributed by atoms with van der Waals surface area (Å²) in [5.74, 6) is 0.834. The molecule has 2 aromatic carbocycles. The van der Waals surface area contributed by atoms with Crippen LogP contribution in [0.5, 0.6) is 0 Å². The second kappa shape index (κ2) is 8.96. The van der Waals surface area contributed by atoms with E-state index in [1.165, 1.54) is 22.4 Å². The van der Waals surface area contributed by atoms with Gasteiger partial charge in [-0.2, -0.15) is 0 Å². The third kappa shape index (κ3) is 5.61. The predicted octanol–water partition coefficient (Wildman–Crippen LogP) is 2.97. The van der Waals surface area contributed by atoms with Crippen LogP contribution >= 0.6 is 0 Å². The number of hydrogen-bond donors (Lipinski definition) is 2. The third-order valence-electron chi connectivity index (χ3n) is 3.96. The lowest BCUT2D eigenvalue weighted by Gasteiger charge is -2.14. The highest BCUT2D eigenvalue weighted by atomic mass is 15.2. The van der Waals surface area contributed by atoms with Crippen LogP contribution in [0.1, 0.15) is 16.7 Å². The van der Waals surface area contributed by atoms with Crippen molar-refractivity contribution in [2.75, 3.05) is 32.6 Å². The molecule has 0 fully saturated rings. The van der Waals surface area contributed by atoms with Gasteiger partial charge in [-0.1, -0.05) is 42.0 Å². The van der Waals surface area contributed by atoms with Gasteiger partial charge in [0.15, 0.2) is 5.96 Å². The maximum atomic E-state index is 4.28. The Bertz CT molecular complexity index is 642. The monoisotopic (exact) mass is 324 g/mol. The van der Waals surface area contributed by atoms with E-state index in [-0.39, 0.29) is 0 Å². The zero-order chi connectivity index (χ0) is 17.4. The molecule has 24 heavy (non-hydrogen) atoms. The van der Waals surface area contributed by atoms with Crippen molar-refractivity contribution in [2.24, 2.45) is 4.99 Å². The number of hydrogen-bond acceptors (Lipinski definition) is 2. The molecule has 0 saturated heterocycles. The first-order valence-electron chi connectivity index (χ1n) is 8.35. The number of aryl methyl sites for hydroxylation is 1. The topological polar surface area (TPSA) is 39.7 Å². The first-order chi connectivity index (χ1) is 11.6. The lowest BCUT2D eigenvalue weighted by Crippen LogP contribution is -2.37. The van der Waals surface area contributed by atoms with E-state index in [1.807, 2.05) is 0 Å². The number of anilines is 1. The molecule has 0 unspecified atom stereocenters. The van der Waals surface area contributed by atoms with Gasteiger partial charge in [0.2, 0.25) is 0 Å². The summed E-state index contributed by atoms with van der Waals surface area (Å²) in [6.45, 7) is 3.73. The molecule has 2 N–H and O–H groups in total. The highest BCUT2D eigenvalue weighted by Crippen LogP contribution is 2.12. The van der Waals surface area contributed by atoms with Crippen molar-refractivity contribution in [3.05, 3.63) is 65.2 Å². The third-order valence-corrected chi connectivity index (χ3v) is 3.96. The van der Waals surface area contributed by atoms with Crippen LogP contribution in [-0.4, -0.2) is 33.6 Å². The molecule has 4 heteroatoms. The molecule has 2 rings (SSSR count). The number of benzene rings is 2. The summed E-state index contributed by atoms with van der Waals surface area (Å²) in [7, 11) is 5.91. The fourth-order valence-electron chi connectivity index (χ4n) is 2.40. The highest BCUT2D eigenvalue weighted by Gasteiger charge is 2.00. The minimum absolute atomic E-state index is 0.775. The summed E-state index contributed by atoms with van der Waals surface area (Å²) >= 11 is 0. The van der Waals surface area contributed by atoms with Crippen LogP contribution in [0.15, 0.2) is 53.5 Å². The molecule has 0 aliphatic carbocycles. The van der Waals surface area contributed by atoms with Crippen molar-refractivity contribution in [3.8, 4) is 0 Å². The molecule has 0 aliphatic heterocycles. The Labute approximate surface area is 145 Å². The van der Waals surface area contributed by atoms with Gasteiger partial charge in [-0.15, -0.1) is 0 Å². The van der Waals surface area contributed by atoms with Gasteiger partial charge in [0.05, 0.1) is 0 Å². The second-order valence-electron chi connectivity index (χ2n) is 6.15. The van der Waals surface area contributed by atoms with Gasteiger partial charge >= 0.3 is 0 Å². The van der Waals surface area contributed by atoms with Crippen LogP contribution < -0.4 is 15.5 Å². The van der Waals surface area contributed by atoms with Gasteiger partial charge in [0, 0.05) is 39.9 Å². The molecule has 2 aromatic rings. The molecule has 0 aromatic heterocycles. The molecule has 128 valence electrons. The van der Waals surface area contributed by atoms with Gasteiger partial charge < -0.3 is 15.5 Å². The zero-order valence-electron chi connectivity index (χ0n) is 15.1. The molecule has 0 bridgehead atoms. The van der Waals surface area contributed by atoms with Crippen LogP contribution in [0.3, 0.4) is 0 Å². The van der Waals surface area contributed by atoms with E-state index in [4.69, 9.17) is 0 Å². The largest absolute Gasteiger partial charge is 0.378 e. The van der Waals surface area contributed by atoms with Crippen molar-refractivity contribution in [3.63, 3.8) is 0 Å². The van der Waals surface area contributed by atoms with Gasteiger partial charge in [0.25, 0.3) is 0 Å². The molecular formula is C20H28N4. The normalized spacial score (nSPS) is 11.2. The molecule has 0 heterocycles. The maximum absolute atomic E-state index is 4.28. The van der Waals surface area contributed by atoms with Crippen LogP contribution in [-0.2, 0) is 13.0 Å². The minimum Gasteiger partial charge on any atom is -0.378 e. The summed E-state index contributed by atoms with van der Waals surface area (Å²) in [5, 5.41) is 6.71. The molecule has 0 amide bonds. The summed E-state index contributed by atoms with van der Waals surface area (Å²) in [4.78, 5) is 6.39. The Morgan fingerprint density at radius 2 is 1.54 bits per heavy atom. The van der Waals surface area contributed by atoms with Gasteiger partial charge in [-0.3, -0.25) is 4.99 Å². The molecule has 0 aliphatic rings. The summed E-state index contributed by atoms with van der Waals surface area (Å²) in [6.07, 6.45) is 0.971. The van der Waals surface area contributed by atoms with Crippen molar-refractivity contribution in [2.45, 2.75) is 19.9 Å². The fourth-order valence-corrected chi connectivity index (χ4v) is 2.40. The maximum Gasteiger partial charge on any atom is 0.191 e. The molecule has 0 atom stereocenters. The Kier molecular flexibility index (Phi) is 6.67. The molecule has 4 nitrogen and oxygen atoms in total. The van der Waals surface area contributed by atoms with Gasteiger partial charge in [-0.05, 0) is 36.6 Å². The summed E-state index contributed by atoms with van der Waals surface area (Å²) in [6, 6.07) is 17.2. The molecule has 0 spiro atoms. The quantitative estimate of drug-likeness (QED) is 0.634. The molecule has 0 radical (unpaired) electrons. The fraction of sp³-hybridized carbons (Fsp3) is 0.350. The Balaban J connectivity index is 1.76. The van der Waals surface area contributed by atoms with E-state index in [1.54, 1.807) is 7.05 Å². The van der Waals surface area contributed by atoms with Crippen molar-refractivity contribution >= 4 is 11.6 Å². The standard InChI is InChI=1S/C20H28N4/c1-16-5-7-18(8-6-16)15-23-20(21-2)22-14-13-17-9-11-19(12-10-17)24(3)4/h5-12H,13-15H2,1-4H3,(H2,21,22,23). The number of nitrogens with zero attached hydrogens (tertiary/aromatic N) is 2. The Morgan fingerprint density at radius 3 is 2.12 bits per heavy atom. The SMILES string of the molecule is CN=C(NCCc1ccc(N(C)C)cc1)NCc1ccc(C)cc1. The van der Waals surface area contributed by atoms with Crippen LogP contribution in [0.25, 0.3) is 0 Å². The van der Waals surface area contributed by atoms with E-state index in [0.29, 0.717) is 0 Å². The van der Waals surface area contributed by atoms with Crippen molar-refractivity contribution in [1.29, 1.82) is 0 Å². The van der Waals surface area contributed by atoms with E-state index in [9.17, 15) is 0 Å². The van der Waals surface area contributed by atoms with Crippen LogP contribution in [0.2, 0.25) is 0 Å². The predicted molar refractivity (Wildman–Crippen MR) is 104 cm³/mol. The van der Waals surface area contributed by atoms with Crippen molar-refractivity contribution in [1.82, 2.24) is 10.6 Å². The van der Waals surface area contributed by atoms with Gasteiger partial charge in [0.1, 0.15) is 0 Å². The number of nitrogens with one attached hydrogen (secondary N) is 2. The first kappa shape index (κ1) is 17.9. The van der Waals surface area contributed by atoms with Crippen LogP contribution in [0.4, 0.5) is 5.69 Å². The summed E-state index contributed by atoms with van der Waals surface area (Å²) < 4.78 is 0. The van der Waals surface area contributed by atoms with Crippen molar-refractivity contribution < 1.29 is 0 Å². The number of rotatable bonds is 6. The highest BCUT2D eigenvalue weighted by molar-refractivity contribution is 5.79. The van der Waals surface area contributed by atoms with E-state index < -0.39 is 0 Å². The lowest BCUT2D eigenvalue weighted by atomic mass is 10.1. The smallest absolute Gasteiger partial charge is 0.191 e. The van der Waals surface area contributed by atoms with Gasteiger partial charge in [-0.25, -0.2) is 0 Å². The second-order valence-corrected chi connectivity index (χ2v) is 6.15. The van der Waals surface area contributed by atoms with Crippen LogP contribution in [0, 0.1) is 6.92 Å². The zero-order valence-corrected chi connectivity index (χ0v) is 15.1. The average molecular weight is 324 g/mol. The minimum atomic E-state index is 0.775. The molecular weight excluding hydrogens is 296 g/mol. The first-order valence-corrected chi connectivity index (χ1v) is 8.35.